The number of hydrogen-bond donors (Lipinski definition) is 3. The Morgan fingerprint density at radius 2 is 2.40 bits per heavy atom. The summed E-state index contributed by atoms with van der Waals surface area (Å²) in [4.78, 5) is 22.6. The molecule has 0 radical (unpaired) electrons. The lowest BCUT2D eigenvalue weighted by Gasteiger charge is -2.27. The quantitative estimate of drug-likeness (QED) is 0.670. The van der Waals surface area contributed by atoms with E-state index in [0.717, 1.165) is 19.4 Å². The van der Waals surface area contributed by atoms with Gasteiger partial charge in [-0.2, -0.15) is 0 Å². The molecule has 1 aromatic heterocycles. The summed E-state index contributed by atoms with van der Waals surface area (Å²) in [5, 5.41) is 21.9. The number of carboxylic acids is 1. The minimum absolute atomic E-state index is 0.0184. The van der Waals surface area contributed by atoms with Crippen LogP contribution in [-0.2, 0) is 11.3 Å². The molecule has 8 heteroatoms. The number of carbonyl (C=O) groups is 2. The molecule has 2 unspecified atom stereocenters. The molecule has 1 saturated heterocycles. The number of carbonyl (C=O) groups excluding carboxylic acids is 1. The maximum Gasteiger partial charge on any atom is 0.358 e. The number of piperidine rings is 1. The highest BCUT2D eigenvalue weighted by atomic mass is 16.4. The van der Waals surface area contributed by atoms with Gasteiger partial charge in [0, 0.05) is 6.54 Å². The third-order valence-electron chi connectivity index (χ3n) is 3.38. The van der Waals surface area contributed by atoms with Crippen LogP contribution in [0.15, 0.2) is 6.20 Å². The highest BCUT2D eigenvalue weighted by molar-refractivity contribution is 5.84. The number of carboxylic acid groups (broad SMARTS) is 1. The summed E-state index contributed by atoms with van der Waals surface area (Å²) in [6.07, 6.45) is 3.29. The topological polar surface area (TPSA) is 109 Å². The Morgan fingerprint density at radius 1 is 1.60 bits per heavy atom. The van der Waals surface area contributed by atoms with Crippen molar-refractivity contribution >= 4 is 11.9 Å². The van der Waals surface area contributed by atoms with Crippen molar-refractivity contribution in [2.45, 2.75) is 32.4 Å². The number of aromatic carboxylic acids is 1. The van der Waals surface area contributed by atoms with Crippen molar-refractivity contribution in [3.05, 3.63) is 11.9 Å². The van der Waals surface area contributed by atoms with Gasteiger partial charge in [0.25, 0.3) is 0 Å². The Balaban J connectivity index is 1.74. The molecule has 1 aliphatic heterocycles. The van der Waals surface area contributed by atoms with Crippen molar-refractivity contribution in [2.24, 2.45) is 5.92 Å². The van der Waals surface area contributed by atoms with Gasteiger partial charge in [-0.15, -0.1) is 5.10 Å². The predicted molar refractivity (Wildman–Crippen MR) is 70.2 cm³/mol. The second kappa shape index (κ2) is 6.47. The Hall–Kier alpha value is -1.96. The highest BCUT2D eigenvalue weighted by Gasteiger charge is 2.23. The van der Waals surface area contributed by atoms with E-state index < -0.39 is 5.97 Å². The number of rotatable bonds is 5. The monoisotopic (exact) mass is 281 g/mol. The van der Waals surface area contributed by atoms with E-state index >= 15 is 0 Å². The molecule has 20 heavy (non-hydrogen) atoms. The van der Waals surface area contributed by atoms with E-state index in [4.69, 9.17) is 5.11 Å². The first-order chi connectivity index (χ1) is 9.56. The summed E-state index contributed by atoms with van der Waals surface area (Å²) in [5.74, 6) is -0.573. The van der Waals surface area contributed by atoms with E-state index in [1.807, 2.05) is 0 Å². The predicted octanol–water partition coefficient (Wildman–Crippen LogP) is -0.519. The first kappa shape index (κ1) is 14.4. The molecule has 1 aromatic rings. The van der Waals surface area contributed by atoms with Crippen molar-refractivity contribution < 1.29 is 14.7 Å². The van der Waals surface area contributed by atoms with Crippen LogP contribution in [0.1, 0.15) is 30.3 Å². The van der Waals surface area contributed by atoms with Crippen molar-refractivity contribution in [1.82, 2.24) is 25.6 Å². The van der Waals surface area contributed by atoms with E-state index in [9.17, 15) is 9.59 Å². The molecule has 0 saturated carbocycles. The smallest absolute Gasteiger partial charge is 0.358 e. The second-order valence-electron chi connectivity index (χ2n) is 5.10. The molecule has 3 N–H and O–H groups in total. The minimum Gasteiger partial charge on any atom is -0.476 e. The molecule has 8 nitrogen and oxygen atoms in total. The van der Waals surface area contributed by atoms with Gasteiger partial charge < -0.3 is 15.7 Å². The molecular formula is C12H19N5O3. The fourth-order valence-corrected chi connectivity index (χ4v) is 2.23. The standard InChI is InChI=1S/C12H19N5O3/c1-8-2-3-13-9(6-8)11(18)14-4-5-17-7-10(12(19)20)15-16-17/h7-9,13H,2-6H2,1H3,(H,14,18)(H,19,20). The average Bonchev–Trinajstić information content (AvgIpc) is 2.87. The molecule has 2 rings (SSSR count). The average molecular weight is 281 g/mol. The van der Waals surface area contributed by atoms with Gasteiger partial charge in [-0.25, -0.2) is 9.48 Å². The van der Waals surface area contributed by atoms with Crippen LogP contribution in [0.3, 0.4) is 0 Å². The van der Waals surface area contributed by atoms with Crippen LogP contribution in [0.2, 0.25) is 0 Å². The molecule has 2 atom stereocenters. The zero-order valence-corrected chi connectivity index (χ0v) is 11.4. The molecule has 0 aliphatic carbocycles. The highest BCUT2D eigenvalue weighted by Crippen LogP contribution is 2.14. The molecule has 1 amide bonds. The van der Waals surface area contributed by atoms with Gasteiger partial charge in [-0.3, -0.25) is 4.79 Å². The molecule has 0 spiro atoms. The van der Waals surface area contributed by atoms with Gasteiger partial charge in [0.05, 0.1) is 18.8 Å². The summed E-state index contributed by atoms with van der Waals surface area (Å²) < 4.78 is 1.40. The molecule has 1 fully saturated rings. The van der Waals surface area contributed by atoms with Crippen LogP contribution in [0.25, 0.3) is 0 Å². The summed E-state index contributed by atoms with van der Waals surface area (Å²) in [7, 11) is 0. The maximum absolute atomic E-state index is 11.9. The summed E-state index contributed by atoms with van der Waals surface area (Å²) >= 11 is 0. The van der Waals surface area contributed by atoms with Gasteiger partial charge in [-0.05, 0) is 25.3 Å². The number of hydrogen-bond acceptors (Lipinski definition) is 5. The fourth-order valence-electron chi connectivity index (χ4n) is 2.23. The molecule has 2 heterocycles. The number of aromatic nitrogens is 3. The van der Waals surface area contributed by atoms with Gasteiger partial charge >= 0.3 is 5.97 Å². The van der Waals surface area contributed by atoms with Crippen LogP contribution in [-0.4, -0.2) is 51.1 Å². The molecule has 110 valence electrons. The fraction of sp³-hybridized carbons (Fsp3) is 0.667. The second-order valence-corrected chi connectivity index (χ2v) is 5.10. The third kappa shape index (κ3) is 3.77. The Bertz CT molecular complexity index is 487. The normalized spacial score (nSPS) is 22.4. The first-order valence-electron chi connectivity index (χ1n) is 6.71. The minimum atomic E-state index is -1.11. The van der Waals surface area contributed by atoms with E-state index in [0.29, 0.717) is 19.0 Å². The van der Waals surface area contributed by atoms with Gasteiger partial charge in [-0.1, -0.05) is 12.1 Å². The number of nitrogens with zero attached hydrogens (tertiary/aromatic N) is 3. The Labute approximate surface area is 116 Å². The van der Waals surface area contributed by atoms with E-state index in [1.165, 1.54) is 10.9 Å². The third-order valence-corrected chi connectivity index (χ3v) is 3.38. The summed E-state index contributed by atoms with van der Waals surface area (Å²) in [6.45, 7) is 3.80. The van der Waals surface area contributed by atoms with Crippen molar-refractivity contribution in [3.8, 4) is 0 Å². The zero-order chi connectivity index (χ0) is 14.5. The summed E-state index contributed by atoms with van der Waals surface area (Å²) in [6, 6.07) is -0.135. The van der Waals surface area contributed by atoms with E-state index in [2.05, 4.69) is 27.9 Å². The lowest BCUT2D eigenvalue weighted by molar-refractivity contribution is -0.124. The molecule has 0 aromatic carbocycles. The zero-order valence-electron chi connectivity index (χ0n) is 11.4. The van der Waals surface area contributed by atoms with Gasteiger partial charge in [0.2, 0.25) is 5.91 Å². The Morgan fingerprint density at radius 3 is 3.05 bits per heavy atom. The molecule has 1 aliphatic rings. The van der Waals surface area contributed by atoms with Gasteiger partial charge in [0.1, 0.15) is 0 Å². The van der Waals surface area contributed by atoms with Crippen molar-refractivity contribution in [2.75, 3.05) is 13.1 Å². The number of amides is 1. The van der Waals surface area contributed by atoms with Crippen LogP contribution < -0.4 is 10.6 Å². The van der Waals surface area contributed by atoms with Gasteiger partial charge in [0.15, 0.2) is 5.69 Å². The van der Waals surface area contributed by atoms with Crippen LogP contribution in [0.4, 0.5) is 0 Å². The molecular weight excluding hydrogens is 262 g/mol. The maximum atomic E-state index is 11.9. The molecule has 0 bridgehead atoms. The van der Waals surface area contributed by atoms with E-state index in [1.54, 1.807) is 0 Å². The van der Waals surface area contributed by atoms with Crippen LogP contribution in [0.5, 0.6) is 0 Å². The SMILES string of the molecule is CC1CCNC(C(=O)NCCn2cc(C(=O)O)nn2)C1. The van der Waals surface area contributed by atoms with Crippen molar-refractivity contribution in [1.29, 1.82) is 0 Å². The number of nitrogens with one attached hydrogen (secondary N) is 2. The summed E-state index contributed by atoms with van der Waals surface area (Å²) in [5.41, 5.74) is -0.0981. The van der Waals surface area contributed by atoms with Crippen molar-refractivity contribution in [3.63, 3.8) is 0 Å². The van der Waals surface area contributed by atoms with Crippen LogP contribution >= 0.6 is 0 Å². The Kier molecular flexibility index (Phi) is 4.67. The largest absolute Gasteiger partial charge is 0.476 e. The first-order valence-corrected chi connectivity index (χ1v) is 6.71. The van der Waals surface area contributed by atoms with E-state index in [-0.39, 0.29) is 17.6 Å². The van der Waals surface area contributed by atoms with Crippen LogP contribution in [0, 0.1) is 5.92 Å². The lowest BCUT2D eigenvalue weighted by Crippen LogP contribution is -2.48. The lowest BCUT2D eigenvalue weighted by atomic mass is 9.94.